The van der Waals surface area contributed by atoms with Gasteiger partial charge < -0.3 is 0 Å². The third-order valence-corrected chi connectivity index (χ3v) is 11.3. The lowest BCUT2D eigenvalue weighted by Crippen LogP contribution is -2.80. The molecule has 4 bridgehead atoms. The molecule has 0 aromatic heterocycles. The maximum Gasteiger partial charge on any atom is 0.0506 e. The minimum absolute atomic E-state index is 0.634. The summed E-state index contributed by atoms with van der Waals surface area (Å²) >= 11 is 3.89. The Kier molecular flexibility index (Phi) is 1.32. The highest BCUT2D eigenvalue weighted by molar-refractivity contribution is 9.10. The summed E-state index contributed by atoms with van der Waals surface area (Å²) in [6.07, 6.45) is 9.42. The Morgan fingerprint density at radius 2 is 1.20 bits per heavy atom. The second kappa shape index (κ2) is 2.05. The molecule has 6 aliphatic rings. The van der Waals surface area contributed by atoms with Gasteiger partial charge in [0.15, 0.2) is 0 Å². The Balaban J connectivity index is 1.53. The van der Waals surface area contributed by atoms with Gasteiger partial charge in [0, 0.05) is 4.32 Å². The zero-order valence-electron chi connectivity index (χ0n) is 10.1. The van der Waals surface area contributed by atoms with Crippen molar-refractivity contribution >= 4 is 24.0 Å². The smallest absolute Gasteiger partial charge is 0.0506 e. The van der Waals surface area contributed by atoms with Crippen LogP contribution in [-0.2, 0) is 0 Å². The summed E-state index contributed by atoms with van der Waals surface area (Å²) in [5.74, 6) is 0. The van der Waals surface area contributed by atoms with Gasteiger partial charge in [-0.25, -0.2) is 0 Å². The molecular weight excluding hydrogens is 264 g/mol. The molecule has 6 saturated carbocycles. The summed E-state index contributed by atoms with van der Waals surface area (Å²) < 4.78 is 0.634. The molecule has 6 aliphatic carbocycles. The van der Waals surface area contributed by atoms with Gasteiger partial charge in [-0.1, -0.05) is 35.6 Å². The van der Waals surface area contributed by atoms with Crippen LogP contribution in [0.4, 0.5) is 0 Å². The van der Waals surface area contributed by atoms with Crippen LogP contribution in [0.1, 0.15) is 38.5 Å². The van der Waals surface area contributed by atoms with E-state index < -0.39 is 8.07 Å². The molecule has 84 valence electrons. The predicted octanol–water partition coefficient (Wildman–Crippen LogP) is 4.57. The molecule has 0 radical (unpaired) electrons. The van der Waals surface area contributed by atoms with Crippen LogP contribution >= 0.6 is 15.9 Å². The Bertz CT molecular complexity index is 326. The number of halogens is 1. The van der Waals surface area contributed by atoms with E-state index in [1.54, 1.807) is 19.3 Å². The van der Waals surface area contributed by atoms with Crippen LogP contribution in [-0.4, -0.2) is 12.4 Å². The van der Waals surface area contributed by atoms with E-state index in [0.717, 1.165) is 15.9 Å². The van der Waals surface area contributed by atoms with Crippen LogP contribution in [0, 0.1) is 10.8 Å². The predicted molar refractivity (Wildman–Crippen MR) is 70.3 cm³/mol. The molecule has 0 unspecified atom stereocenters. The van der Waals surface area contributed by atoms with Gasteiger partial charge in [-0.3, -0.25) is 0 Å². The molecule has 0 aromatic carbocycles. The molecule has 0 spiro atoms. The van der Waals surface area contributed by atoms with E-state index in [4.69, 9.17) is 0 Å². The summed E-state index contributed by atoms with van der Waals surface area (Å²) in [6, 6.07) is 0. The second-order valence-electron chi connectivity index (χ2n) is 8.30. The lowest BCUT2D eigenvalue weighted by molar-refractivity contribution is -0.289. The average molecular weight is 285 g/mol. The molecule has 15 heavy (non-hydrogen) atoms. The summed E-state index contributed by atoms with van der Waals surface area (Å²) in [5.41, 5.74) is 1.71. The molecule has 2 heteroatoms. The van der Waals surface area contributed by atoms with Crippen LogP contribution in [0.25, 0.3) is 0 Å². The monoisotopic (exact) mass is 284 g/mol. The first-order chi connectivity index (χ1) is 6.74. The molecule has 0 heterocycles. The van der Waals surface area contributed by atoms with Gasteiger partial charge in [-0.2, -0.15) is 0 Å². The summed E-state index contributed by atoms with van der Waals surface area (Å²) in [4.78, 5) is 0. The molecule has 0 atom stereocenters. The van der Waals surface area contributed by atoms with Crippen LogP contribution in [0.2, 0.25) is 24.7 Å². The maximum atomic E-state index is 3.89. The van der Waals surface area contributed by atoms with Crippen molar-refractivity contribution in [2.75, 3.05) is 0 Å². The molecule has 0 N–H and O–H groups in total. The van der Waals surface area contributed by atoms with Gasteiger partial charge in [0.1, 0.15) is 0 Å². The molecule has 6 fully saturated rings. The van der Waals surface area contributed by atoms with E-state index >= 15 is 0 Å². The molecular formula is C13H21BrSi. The minimum Gasteiger partial charge on any atom is -0.0853 e. The van der Waals surface area contributed by atoms with Crippen molar-refractivity contribution in [3.8, 4) is 0 Å². The van der Waals surface area contributed by atoms with Gasteiger partial charge >= 0.3 is 0 Å². The van der Waals surface area contributed by atoms with E-state index in [1.807, 2.05) is 0 Å². The average Bonchev–Trinajstić information content (AvgIpc) is 1.69. The van der Waals surface area contributed by atoms with Crippen molar-refractivity contribution in [2.24, 2.45) is 10.8 Å². The van der Waals surface area contributed by atoms with Crippen molar-refractivity contribution in [3.63, 3.8) is 0 Å². The van der Waals surface area contributed by atoms with Crippen LogP contribution in [0.5, 0.6) is 0 Å². The highest BCUT2D eigenvalue weighted by Crippen LogP contribution is 2.94. The zero-order valence-corrected chi connectivity index (χ0v) is 12.7. The van der Waals surface area contributed by atoms with Gasteiger partial charge in [0.25, 0.3) is 0 Å². The van der Waals surface area contributed by atoms with E-state index in [-0.39, 0.29) is 0 Å². The Labute approximate surface area is 102 Å². The SMILES string of the molecule is C[Si](C)(C)C12CC(C34CC(Br)(C3)C4)(C1)C2. The van der Waals surface area contributed by atoms with Crippen molar-refractivity contribution in [3.05, 3.63) is 0 Å². The maximum absolute atomic E-state index is 3.89. The quantitative estimate of drug-likeness (QED) is 0.515. The molecule has 0 nitrogen and oxygen atoms in total. The van der Waals surface area contributed by atoms with E-state index in [2.05, 4.69) is 35.6 Å². The van der Waals surface area contributed by atoms with E-state index in [9.17, 15) is 0 Å². The van der Waals surface area contributed by atoms with Crippen molar-refractivity contribution in [2.45, 2.75) is 67.5 Å². The van der Waals surface area contributed by atoms with Crippen molar-refractivity contribution in [1.29, 1.82) is 0 Å². The van der Waals surface area contributed by atoms with Gasteiger partial charge in [-0.15, -0.1) is 0 Å². The number of rotatable bonds is 2. The topological polar surface area (TPSA) is 0 Å². The van der Waals surface area contributed by atoms with Gasteiger partial charge in [0.05, 0.1) is 8.07 Å². The number of hydrogen-bond donors (Lipinski definition) is 0. The molecule has 0 aliphatic heterocycles. The summed E-state index contributed by atoms with van der Waals surface area (Å²) in [5, 5.41) is 0.891. The first-order valence-corrected chi connectivity index (χ1v) is 10.7. The first-order valence-electron chi connectivity index (χ1n) is 6.43. The first kappa shape index (κ1) is 9.70. The standard InChI is InChI=1S/C13H21BrSi/c1-15(2,3)13-7-11(8-13,9-13)10-4-12(14,5-10)6-10/h4-9H2,1-3H3. The largest absolute Gasteiger partial charge is 0.0853 e. The highest BCUT2D eigenvalue weighted by atomic mass is 79.9. The fourth-order valence-corrected chi connectivity index (χ4v) is 9.59. The second-order valence-corrected chi connectivity index (χ2v) is 15.5. The number of hydrogen-bond acceptors (Lipinski definition) is 0. The van der Waals surface area contributed by atoms with Gasteiger partial charge in [0.2, 0.25) is 0 Å². The molecule has 0 aromatic rings. The van der Waals surface area contributed by atoms with Crippen LogP contribution in [0.3, 0.4) is 0 Å². The normalized spacial score (nSPS) is 64.8. The minimum atomic E-state index is -0.860. The fraction of sp³-hybridized carbons (Fsp3) is 1.00. The van der Waals surface area contributed by atoms with Gasteiger partial charge in [-0.05, 0) is 54.4 Å². The van der Waals surface area contributed by atoms with Crippen LogP contribution < -0.4 is 0 Å². The molecule has 0 amide bonds. The van der Waals surface area contributed by atoms with Crippen molar-refractivity contribution in [1.82, 2.24) is 0 Å². The van der Waals surface area contributed by atoms with Crippen LogP contribution in [0.15, 0.2) is 0 Å². The fourth-order valence-electron chi connectivity index (χ4n) is 5.37. The Morgan fingerprint density at radius 3 is 1.53 bits per heavy atom. The molecule has 6 rings (SSSR count). The third-order valence-electron chi connectivity index (χ3n) is 6.71. The van der Waals surface area contributed by atoms with Crippen molar-refractivity contribution < 1.29 is 0 Å². The molecule has 0 saturated heterocycles. The third kappa shape index (κ3) is 0.792. The summed E-state index contributed by atoms with van der Waals surface area (Å²) in [7, 11) is -0.860. The zero-order chi connectivity index (χ0) is 10.7. The Hall–Kier alpha value is 0.697. The lowest BCUT2D eigenvalue weighted by atomic mass is 9.23. The summed E-state index contributed by atoms with van der Waals surface area (Å²) in [6.45, 7) is 7.76. The van der Waals surface area contributed by atoms with E-state index in [0.29, 0.717) is 4.32 Å². The van der Waals surface area contributed by atoms with E-state index in [1.165, 1.54) is 19.3 Å². The lowest BCUT2D eigenvalue weighted by Gasteiger charge is -2.88. The Morgan fingerprint density at radius 1 is 0.800 bits per heavy atom. The number of alkyl halides is 1. The highest BCUT2D eigenvalue weighted by Gasteiger charge is 2.85.